The van der Waals surface area contributed by atoms with Gasteiger partial charge in [0.05, 0.1) is 11.5 Å². The minimum Gasteiger partial charge on any atom is -0.345 e. The lowest BCUT2D eigenvalue weighted by atomic mass is 10.2. The highest BCUT2D eigenvalue weighted by Crippen LogP contribution is 2.19. The van der Waals surface area contributed by atoms with E-state index in [-0.39, 0.29) is 49.3 Å². The fourth-order valence-electron chi connectivity index (χ4n) is 2.88. The van der Waals surface area contributed by atoms with E-state index in [2.05, 4.69) is 15.5 Å². The first-order valence-corrected chi connectivity index (χ1v) is 11.3. The first-order valence-electron chi connectivity index (χ1n) is 9.10. The van der Waals surface area contributed by atoms with Crippen molar-refractivity contribution < 1.29 is 22.5 Å². The second-order valence-electron chi connectivity index (χ2n) is 6.78. The standard InChI is InChI=1S/C18H21ClN4O5S/c1-12(18(25)23-8-10-29(26,27)11-9-23)20-15(24)6-7-16-21-17(22-28-16)13-2-4-14(19)5-3-13/h2-5,12H,6-11H2,1H3,(H,20,24). The molecule has 0 saturated carbocycles. The Bertz CT molecular complexity index is 976. The average Bonchev–Trinajstić information content (AvgIpc) is 3.15. The highest BCUT2D eigenvalue weighted by Gasteiger charge is 2.28. The van der Waals surface area contributed by atoms with E-state index in [1.165, 1.54) is 4.90 Å². The number of nitrogens with zero attached hydrogens (tertiary/aromatic N) is 3. The summed E-state index contributed by atoms with van der Waals surface area (Å²) in [6.45, 7) is 1.88. The van der Waals surface area contributed by atoms with Gasteiger partial charge in [-0.25, -0.2) is 8.42 Å². The molecule has 9 nitrogen and oxygen atoms in total. The van der Waals surface area contributed by atoms with Crippen molar-refractivity contribution in [2.24, 2.45) is 0 Å². The number of rotatable bonds is 6. The van der Waals surface area contributed by atoms with Gasteiger partial charge in [0.1, 0.15) is 6.04 Å². The Kier molecular flexibility index (Phi) is 6.53. The van der Waals surface area contributed by atoms with Gasteiger partial charge in [0, 0.05) is 36.5 Å². The fraction of sp³-hybridized carbons (Fsp3) is 0.444. The normalized spacial score (nSPS) is 17.0. The van der Waals surface area contributed by atoms with Gasteiger partial charge in [-0.05, 0) is 31.2 Å². The van der Waals surface area contributed by atoms with Gasteiger partial charge < -0.3 is 14.7 Å². The summed E-state index contributed by atoms with van der Waals surface area (Å²) in [5, 5.41) is 7.11. The third-order valence-corrected chi connectivity index (χ3v) is 6.40. The molecule has 1 aliphatic heterocycles. The number of carbonyl (C=O) groups excluding carboxylic acids is 2. The maximum absolute atomic E-state index is 12.4. The highest BCUT2D eigenvalue weighted by atomic mass is 35.5. The van der Waals surface area contributed by atoms with Crippen molar-refractivity contribution in [3.63, 3.8) is 0 Å². The summed E-state index contributed by atoms with van der Waals surface area (Å²) in [7, 11) is -3.07. The van der Waals surface area contributed by atoms with Crippen molar-refractivity contribution in [3.05, 3.63) is 35.2 Å². The van der Waals surface area contributed by atoms with Crippen LogP contribution in [0.3, 0.4) is 0 Å². The largest absolute Gasteiger partial charge is 0.345 e. The molecule has 1 unspecified atom stereocenters. The van der Waals surface area contributed by atoms with E-state index in [0.29, 0.717) is 16.7 Å². The Hall–Kier alpha value is -2.46. The van der Waals surface area contributed by atoms with E-state index in [0.717, 1.165) is 5.56 Å². The Morgan fingerprint density at radius 1 is 1.24 bits per heavy atom. The molecule has 3 rings (SSSR count). The molecule has 1 N–H and O–H groups in total. The van der Waals surface area contributed by atoms with E-state index in [4.69, 9.17) is 16.1 Å². The molecular weight excluding hydrogens is 420 g/mol. The van der Waals surface area contributed by atoms with Crippen LogP contribution in [0.25, 0.3) is 11.4 Å². The smallest absolute Gasteiger partial charge is 0.244 e. The van der Waals surface area contributed by atoms with Gasteiger partial charge in [-0.2, -0.15) is 4.98 Å². The Balaban J connectivity index is 1.47. The minimum atomic E-state index is -3.07. The molecule has 1 aromatic heterocycles. The van der Waals surface area contributed by atoms with Gasteiger partial charge >= 0.3 is 0 Å². The van der Waals surface area contributed by atoms with Crippen LogP contribution in [-0.2, 0) is 25.8 Å². The third kappa shape index (κ3) is 5.77. The third-order valence-electron chi connectivity index (χ3n) is 4.54. The summed E-state index contributed by atoms with van der Waals surface area (Å²) in [6, 6.07) is 6.23. The van der Waals surface area contributed by atoms with E-state index >= 15 is 0 Å². The van der Waals surface area contributed by atoms with Crippen molar-refractivity contribution in [1.82, 2.24) is 20.4 Å². The van der Waals surface area contributed by atoms with E-state index in [1.54, 1.807) is 31.2 Å². The Morgan fingerprint density at radius 2 is 1.90 bits per heavy atom. The molecule has 1 saturated heterocycles. The number of sulfone groups is 1. The van der Waals surface area contributed by atoms with Gasteiger partial charge in [-0.3, -0.25) is 9.59 Å². The Morgan fingerprint density at radius 3 is 2.55 bits per heavy atom. The number of nitrogens with one attached hydrogen (secondary N) is 1. The predicted molar refractivity (Wildman–Crippen MR) is 106 cm³/mol. The van der Waals surface area contributed by atoms with E-state index < -0.39 is 15.9 Å². The SMILES string of the molecule is CC(NC(=O)CCc1nc(-c2ccc(Cl)cc2)no1)C(=O)N1CCS(=O)(=O)CC1. The molecule has 0 aliphatic carbocycles. The van der Waals surface area contributed by atoms with Crippen molar-refractivity contribution in [3.8, 4) is 11.4 Å². The van der Waals surface area contributed by atoms with Crippen LogP contribution >= 0.6 is 11.6 Å². The molecule has 29 heavy (non-hydrogen) atoms. The van der Waals surface area contributed by atoms with E-state index in [9.17, 15) is 18.0 Å². The van der Waals surface area contributed by atoms with Crippen LogP contribution in [0, 0.1) is 0 Å². The van der Waals surface area contributed by atoms with Crippen LogP contribution in [0.2, 0.25) is 5.02 Å². The molecule has 2 aromatic rings. The van der Waals surface area contributed by atoms with Crippen molar-refractivity contribution >= 4 is 33.3 Å². The van der Waals surface area contributed by atoms with Gasteiger partial charge in [0.15, 0.2) is 9.84 Å². The number of halogens is 1. The number of aromatic nitrogens is 2. The van der Waals surface area contributed by atoms with Gasteiger partial charge in [0.25, 0.3) is 0 Å². The maximum Gasteiger partial charge on any atom is 0.244 e. The molecule has 0 spiro atoms. The zero-order valence-electron chi connectivity index (χ0n) is 15.8. The second kappa shape index (κ2) is 8.91. The van der Waals surface area contributed by atoms with Crippen LogP contribution in [0.1, 0.15) is 19.2 Å². The molecule has 2 heterocycles. The first-order chi connectivity index (χ1) is 13.7. The van der Waals surface area contributed by atoms with Crippen LogP contribution < -0.4 is 5.32 Å². The zero-order valence-corrected chi connectivity index (χ0v) is 17.4. The Labute approximate surface area is 173 Å². The molecule has 1 aliphatic rings. The van der Waals surface area contributed by atoms with Gasteiger partial charge in [0.2, 0.25) is 23.5 Å². The lowest BCUT2D eigenvalue weighted by Crippen LogP contribution is -2.51. The number of hydrogen-bond acceptors (Lipinski definition) is 7. The number of benzene rings is 1. The molecule has 0 bridgehead atoms. The van der Waals surface area contributed by atoms with Crippen LogP contribution in [0.15, 0.2) is 28.8 Å². The van der Waals surface area contributed by atoms with Crippen LogP contribution in [0.5, 0.6) is 0 Å². The molecule has 156 valence electrons. The van der Waals surface area contributed by atoms with Crippen molar-refractivity contribution in [1.29, 1.82) is 0 Å². The number of amides is 2. The van der Waals surface area contributed by atoms with Crippen molar-refractivity contribution in [2.75, 3.05) is 24.6 Å². The lowest BCUT2D eigenvalue weighted by molar-refractivity contribution is -0.135. The molecule has 1 fully saturated rings. The minimum absolute atomic E-state index is 0.0491. The molecule has 1 atom stereocenters. The molecule has 2 amide bonds. The monoisotopic (exact) mass is 440 g/mol. The molecule has 11 heteroatoms. The number of carbonyl (C=O) groups is 2. The number of hydrogen-bond donors (Lipinski definition) is 1. The summed E-state index contributed by atoms with van der Waals surface area (Å²) < 4.78 is 28.1. The van der Waals surface area contributed by atoms with Crippen LogP contribution in [0.4, 0.5) is 0 Å². The highest BCUT2D eigenvalue weighted by molar-refractivity contribution is 7.91. The van der Waals surface area contributed by atoms with E-state index in [1.807, 2.05) is 0 Å². The van der Waals surface area contributed by atoms with Gasteiger partial charge in [-0.1, -0.05) is 16.8 Å². The summed E-state index contributed by atoms with van der Waals surface area (Å²) >= 11 is 5.85. The molecular formula is C18H21ClN4O5S. The second-order valence-corrected chi connectivity index (χ2v) is 9.52. The summed E-state index contributed by atoms with van der Waals surface area (Å²) in [4.78, 5) is 30.2. The first kappa shape index (κ1) is 21.3. The summed E-state index contributed by atoms with van der Waals surface area (Å²) in [5.41, 5.74) is 0.747. The zero-order chi connectivity index (χ0) is 21.0. The average molecular weight is 441 g/mol. The fourth-order valence-corrected chi connectivity index (χ4v) is 4.20. The molecule has 1 aromatic carbocycles. The topological polar surface area (TPSA) is 122 Å². The lowest BCUT2D eigenvalue weighted by Gasteiger charge is -2.29. The predicted octanol–water partition coefficient (Wildman–Crippen LogP) is 1.08. The number of aryl methyl sites for hydroxylation is 1. The maximum atomic E-state index is 12.4. The van der Waals surface area contributed by atoms with Crippen LogP contribution in [-0.4, -0.2) is 65.9 Å². The molecule has 0 radical (unpaired) electrons. The van der Waals surface area contributed by atoms with Crippen molar-refractivity contribution in [2.45, 2.75) is 25.8 Å². The van der Waals surface area contributed by atoms with Gasteiger partial charge in [-0.15, -0.1) is 0 Å². The summed E-state index contributed by atoms with van der Waals surface area (Å²) in [6.07, 6.45) is 0.309. The summed E-state index contributed by atoms with van der Waals surface area (Å²) in [5.74, 6) is -0.0113. The quantitative estimate of drug-likeness (QED) is 0.713.